The maximum Gasteiger partial charge on any atom is 0.249 e. The van der Waals surface area contributed by atoms with Crippen molar-refractivity contribution in [2.75, 3.05) is 13.1 Å². The zero-order valence-electron chi connectivity index (χ0n) is 15.5. The Morgan fingerprint density at radius 3 is 2.90 bits per heavy atom. The molecule has 154 valence electrons. The van der Waals surface area contributed by atoms with E-state index in [1.165, 1.54) is 24.5 Å². The molecule has 3 heterocycles. The third kappa shape index (κ3) is 4.01. The van der Waals surface area contributed by atoms with Gasteiger partial charge in [-0.1, -0.05) is 29.8 Å². The molecule has 0 radical (unpaired) electrons. The zero-order chi connectivity index (χ0) is 21.3. The summed E-state index contributed by atoms with van der Waals surface area (Å²) in [6.45, 7) is 4.51. The van der Waals surface area contributed by atoms with Gasteiger partial charge in [0.2, 0.25) is 17.7 Å². The molecule has 0 bridgehead atoms. The van der Waals surface area contributed by atoms with Gasteiger partial charge < -0.3 is 14.4 Å². The van der Waals surface area contributed by atoms with Crippen LogP contribution in [0.5, 0.6) is 17.5 Å². The van der Waals surface area contributed by atoms with Gasteiger partial charge >= 0.3 is 0 Å². The van der Waals surface area contributed by atoms with E-state index in [0.29, 0.717) is 30.9 Å². The Labute approximate surface area is 181 Å². The van der Waals surface area contributed by atoms with Crippen molar-refractivity contribution in [2.45, 2.75) is 12.5 Å². The van der Waals surface area contributed by atoms with Gasteiger partial charge in [-0.3, -0.25) is 4.79 Å². The van der Waals surface area contributed by atoms with Crippen LogP contribution in [0.2, 0.25) is 10.0 Å². The second-order valence-electron chi connectivity index (χ2n) is 6.49. The number of aromatic nitrogens is 3. The number of rotatable bonds is 5. The van der Waals surface area contributed by atoms with E-state index < -0.39 is 5.82 Å². The molecule has 2 aromatic heterocycles. The van der Waals surface area contributed by atoms with E-state index in [2.05, 4.69) is 21.5 Å². The number of hydrogen-bond acceptors (Lipinski definition) is 6. The molecule has 1 saturated heterocycles. The lowest BCUT2D eigenvalue weighted by molar-refractivity contribution is -0.125. The first kappa shape index (κ1) is 20.3. The van der Waals surface area contributed by atoms with E-state index in [0.717, 1.165) is 0 Å². The Balaban J connectivity index is 1.59. The lowest BCUT2D eigenvalue weighted by Crippen LogP contribution is -2.29. The van der Waals surface area contributed by atoms with E-state index in [-0.39, 0.29) is 39.2 Å². The van der Waals surface area contributed by atoms with Crippen LogP contribution in [0.15, 0.2) is 43.2 Å². The second kappa shape index (κ2) is 8.41. The molecular weight excluding hydrogens is 434 g/mol. The number of likely N-dealkylation sites (tertiary alicyclic amines) is 1. The maximum absolute atomic E-state index is 14.4. The fraction of sp³-hybridized carbons (Fsp3) is 0.200. The smallest absolute Gasteiger partial charge is 0.249 e. The van der Waals surface area contributed by atoms with Gasteiger partial charge in [-0.2, -0.15) is 4.98 Å². The lowest BCUT2D eigenvalue weighted by atomic mass is 10.3. The highest BCUT2D eigenvalue weighted by Crippen LogP contribution is 2.35. The quantitative estimate of drug-likeness (QED) is 0.424. The van der Waals surface area contributed by atoms with Gasteiger partial charge in [0, 0.05) is 19.0 Å². The molecule has 1 fully saturated rings. The minimum absolute atomic E-state index is 0.0395. The van der Waals surface area contributed by atoms with Crippen molar-refractivity contribution < 1.29 is 18.7 Å². The number of halogens is 3. The summed E-state index contributed by atoms with van der Waals surface area (Å²) in [4.78, 5) is 26.0. The van der Waals surface area contributed by atoms with Crippen molar-refractivity contribution in [3.8, 4) is 17.5 Å². The Morgan fingerprint density at radius 1 is 1.27 bits per heavy atom. The van der Waals surface area contributed by atoms with Crippen LogP contribution in [0.25, 0.3) is 11.0 Å². The Kier molecular flexibility index (Phi) is 5.69. The van der Waals surface area contributed by atoms with E-state index in [9.17, 15) is 9.18 Å². The fourth-order valence-corrected chi connectivity index (χ4v) is 3.36. The van der Waals surface area contributed by atoms with E-state index in [1.807, 2.05) is 0 Å². The topological polar surface area (TPSA) is 77.4 Å². The van der Waals surface area contributed by atoms with Crippen molar-refractivity contribution in [3.63, 3.8) is 0 Å². The molecule has 30 heavy (non-hydrogen) atoms. The molecule has 1 aliphatic heterocycles. The number of carbonyl (C=O) groups excluding carboxylic acids is 1. The number of amides is 1. The highest BCUT2D eigenvalue weighted by atomic mass is 35.5. The van der Waals surface area contributed by atoms with E-state index in [1.54, 1.807) is 17.0 Å². The van der Waals surface area contributed by atoms with E-state index >= 15 is 0 Å². The molecule has 1 aromatic carbocycles. The van der Waals surface area contributed by atoms with Crippen LogP contribution >= 0.6 is 23.2 Å². The maximum atomic E-state index is 14.4. The first-order chi connectivity index (χ1) is 14.5. The molecule has 1 unspecified atom stereocenters. The molecule has 1 atom stereocenters. The minimum atomic E-state index is -0.804. The highest BCUT2D eigenvalue weighted by molar-refractivity contribution is 6.42. The second-order valence-corrected chi connectivity index (χ2v) is 7.27. The number of fused-ring (bicyclic) bond motifs is 1. The number of ether oxygens (including phenoxy) is 2. The number of benzene rings is 1. The van der Waals surface area contributed by atoms with Crippen molar-refractivity contribution >= 4 is 40.1 Å². The average Bonchev–Trinajstić information content (AvgIpc) is 3.22. The van der Waals surface area contributed by atoms with Crippen LogP contribution in [-0.4, -0.2) is 45.0 Å². The summed E-state index contributed by atoms with van der Waals surface area (Å²) in [6.07, 6.45) is 3.02. The number of nitrogens with zero attached hydrogens (tertiary/aromatic N) is 4. The number of pyridine rings is 1. The molecule has 1 amide bonds. The molecule has 10 heteroatoms. The van der Waals surface area contributed by atoms with E-state index in [4.69, 9.17) is 32.7 Å². The van der Waals surface area contributed by atoms with Gasteiger partial charge in [-0.25, -0.2) is 14.4 Å². The molecule has 0 N–H and O–H groups in total. The molecule has 1 aliphatic rings. The molecular formula is C20H15Cl2FN4O3. The number of carbonyl (C=O) groups is 1. The van der Waals surface area contributed by atoms with Crippen LogP contribution < -0.4 is 9.47 Å². The summed E-state index contributed by atoms with van der Waals surface area (Å²) in [7, 11) is 0. The van der Waals surface area contributed by atoms with Gasteiger partial charge in [0.15, 0.2) is 17.1 Å². The summed E-state index contributed by atoms with van der Waals surface area (Å²) in [5.41, 5.74) is 0.778. The van der Waals surface area contributed by atoms with Crippen molar-refractivity contribution in [1.82, 2.24) is 19.9 Å². The normalized spacial score (nSPS) is 16.0. The van der Waals surface area contributed by atoms with Crippen LogP contribution in [0.1, 0.15) is 6.42 Å². The molecule has 3 aromatic rings. The minimum Gasteiger partial charge on any atom is -0.472 e. The largest absolute Gasteiger partial charge is 0.472 e. The van der Waals surface area contributed by atoms with Crippen molar-refractivity contribution in [3.05, 3.63) is 59.1 Å². The van der Waals surface area contributed by atoms with Crippen molar-refractivity contribution in [2.24, 2.45) is 0 Å². The first-order valence-electron chi connectivity index (χ1n) is 8.97. The Morgan fingerprint density at radius 2 is 2.10 bits per heavy atom. The lowest BCUT2D eigenvalue weighted by Gasteiger charge is -2.15. The van der Waals surface area contributed by atoms with Gasteiger partial charge in [0.25, 0.3) is 0 Å². The third-order valence-electron chi connectivity index (χ3n) is 4.55. The molecule has 4 rings (SSSR count). The molecule has 7 nitrogen and oxygen atoms in total. The predicted molar refractivity (Wildman–Crippen MR) is 110 cm³/mol. The monoisotopic (exact) mass is 448 g/mol. The van der Waals surface area contributed by atoms with Gasteiger partial charge in [-0.15, -0.1) is 0 Å². The molecule has 0 spiro atoms. The Hall–Kier alpha value is -2.97. The van der Waals surface area contributed by atoms with Crippen LogP contribution in [0.4, 0.5) is 4.39 Å². The zero-order valence-corrected chi connectivity index (χ0v) is 17.0. The summed E-state index contributed by atoms with van der Waals surface area (Å²) in [5.74, 6) is -0.735. The summed E-state index contributed by atoms with van der Waals surface area (Å²) in [6, 6.07) is 6.13. The predicted octanol–water partition coefficient (Wildman–Crippen LogP) is 4.43. The first-order valence-corrected chi connectivity index (χ1v) is 9.73. The van der Waals surface area contributed by atoms with Crippen LogP contribution in [0, 0.1) is 5.82 Å². The van der Waals surface area contributed by atoms with Gasteiger partial charge in [0.1, 0.15) is 12.4 Å². The van der Waals surface area contributed by atoms with Crippen molar-refractivity contribution in [1.29, 1.82) is 0 Å². The van der Waals surface area contributed by atoms with Gasteiger partial charge in [0.05, 0.1) is 22.1 Å². The highest BCUT2D eigenvalue weighted by Gasteiger charge is 2.27. The molecule has 0 aliphatic carbocycles. The summed E-state index contributed by atoms with van der Waals surface area (Å²) < 4.78 is 25.9. The standard InChI is InChI=1S/C20H15Cl2FN4O3/c1-2-16(28)27-8-7-11(9-27)29-15-6-4-13-19(26-15)20(25-10-24-13)30-14-5-3-12(21)17(22)18(14)23/h2-6,10-11H,1,7-9H2. The SMILES string of the molecule is C=CC(=O)N1CCC(Oc2ccc3ncnc(Oc4ccc(Cl)c(Cl)c4F)c3n2)C1. The van der Waals surface area contributed by atoms with Crippen LogP contribution in [-0.2, 0) is 4.79 Å². The Bertz CT molecular complexity index is 1140. The fourth-order valence-electron chi connectivity index (χ4n) is 3.06. The van der Waals surface area contributed by atoms with Crippen LogP contribution in [0.3, 0.4) is 0 Å². The van der Waals surface area contributed by atoms with Gasteiger partial charge in [-0.05, 0) is 24.3 Å². The summed E-state index contributed by atoms with van der Waals surface area (Å²) >= 11 is 11.7. The number of hydrogen-bond donors (Lipinski definition) is 0. The average molecular weight is 449 g/mol. The summed E-state index contributed by atoms with van der Waals surface area (Å²) in [5, 5.41) is -0.173. The molecule has 0 saturated carbocycles. The third-order valence-corrected chi connectivity index (χ3v) is 5.33.